The van der Waals surface area contributed by atoms with Gasteiger partial charge in [-0.3, -0.25) is 9.78 Å². The molecule has 1 saturated carbocycles. The molecule has 0 radical (unpaired) electrons. The summed E-state index contributed by atoms with van der Waals surface area (Å²) in [4.78, 5) is 18.6. The Bertz CT molecular complexity index is 514. The van der Waals surface area contributed by atoms with E-state index in [1.165, 1.54) is 0 Å². The summed E-state index contributed by atoms with van der Waals surface area (Å²) < 4.78 is 0. The molecule has 0 saturated heterocycles. The molecule has 1 aliphatic carbocycles. The van der Waals surface area contributed by atoms with Gasteiger partial charge in [-0.05, 0) is 45.2 Å². The quantitative estimate of drug-likeness (QED) is 0.832. The fourth-order valence-corrected chi connectivity index (χ4v) is 2.42. The van der Waals surface area contributed by atoms with Gasteiger partial charge < -0.3 is 4.90 Å². The van der Waals surface area contributed by atoms with E-state index in [1.54, 1.807) is 4.90 Å². The van der Waals surface area contributed by atoms with E-state index in [0.29, 0.717) is 25.9 Å². The summed E-state index contributed by atoms with van der Waals surface area (Å²) in [7, 11) is 0. The number of pyridine rings is 1. The molecule has 1 aliphatic rings. The minimum Gasteiger partial charge on any atom is -0.336 e. The van der Waals surface area contributed by atoms with Gasteiger partial charge in [0.25, 0.3) is 0 Å². The zero-order chi connectivity index (χ0) is 13.9. The van der Waals surface area contributed by atoms with Crippen molar-refractivity contribution in [2.75, 3.05) is 6.54 Å². The smallest absolute Gasteiger partial charge is 0.243 e. The van der Waals surface area contributed by atoms with Crippen molar-refractivity contribution in [1.29, 1.82) is 5.26 Å². The van der Waals surface area contributed by atoms with Crippen LogP contribution in [0.1, 0.15) is 37.6 Å². The Morgan fingerprint density at radius 3 is 2.74 bits per heavy atom. The molecule has 0 bridgehead atoms. The SMILES string of the molecule is CCN(Cc1cccc(C)n1)C(=O)C1(C#N)CCC1. The van der Waals surface area contributed by atoms with E-state index < -0.39 is 5.41 Å². The molecule has 0 atom stereocenters. The van der Waals surface area contributed by atoms with Gasteiger partial charge in [-0.1, -0.05) is 6.07 Å². The maximum absolute atomic E-state index is 12.5. The third-order valence-corrected chi connectivity index (χ3v) is 3.80. The first-order valence-electron chi connectivity index (χ1n) is 6.74. The van der Waals surface area contributed by atoms with Crippen molar-refractivity contribution in [2.45, 2.75) is 39.7 Å². The molecular formula is C15H19N3O. The zero-order valence-electron chi connectivity index (χ0n) is 11.5. The van der Waals surface area contributed by atoms with E-state index in [1.807, 2.05) is 32.0 Å². The highest BCUT2D eigenvalue weighted by Crippen LogP contribution is 2.42. The minimum absolute atomic E-state index is 0.0351. The highest BCUT2D eigenvalue weighted by Gasteiger charge is 2.46. The lowest BCUT2D eigenvalue weighted by atomic mass is 9.69. The van der Waals surface area contributed by atoms with Crippen LogP contribution in [0, 0.1) is 23.7 Å². The molecule has 0 aromatic carbocycles. The molecule has 4 nitrogen and oxygen atoms in total. The van der Waals surface area contributed by atoms with Gasteiger partial charge in [-0.25, -0.2) is 0 Å². The molecular weight excluding hydrogens is 238 g/mol. The van der Waals surface area contributed by atoms with Crippen LogP contribution < -0.4 is 0 Å². The summed E-state index contributed by atoms with van der Waals surface area (Å²) in [6.07, 6.45) is 2.36. The highest BCUT2D eigenvalue weighted by atomic mass is 16.2. The van der Waals surface area contributed by atoms with Gasteiger partial charge in [-0.2, -0.15) is 5.26 Å². The lowest BCUT2D eigenvalue weighted by Crippen LogP contribution is -2.46. The van der Waals surface area contributed by atoms with Crippen LogP contribution >= 0.6 is 0 Å². The van der Waals surface area contributed by atoms with Crippen LogP contribution in [0.3, 0.4) is 0 Å². The van der Waals surface area contributed by atoms with Crippen LogP contribution in [0.25, 0.3) is 0 Å². The van der Waals surface area contributed by atoms with E-state index in [9.17, 15) is 10.1 Å². The molecule has 1 aromatic rings. The molecule has 100 valence electrons. The van der Waals surface area contributed by atoms with Crippen molar-refractivity contribution < 1.29 is 4.79 Å². The normalized spacial score (nSPS) is 16.3. The molecule has 4 heteroatoms. The topological polar surface area (TPSA) is 57.0 Å². The fraction of sp³-hybridized carbons (Fsp3) is 0.533. The number of carbonyl (C=O) groups excluding carboxylic acids is 1. The number of carbonyl (C=O) groups is 1. The van der Waals surface area contributed by atoms with E-state index in [0.717, 1.165) is 17.8 Å². The fourth-order valence-electron chi connectivity index (χ4n) is 2.42. The summed E-state index contributed by atoms with van der Waals surface area (Å²) in [6.45, 7) is 4.97. The van der Waals surface area contributed by atoms with Crippen LogP contribution in [0.2, 0.25) is 0 Å². The van der Waals surface area contributed by atoms with E-state index >= 15 is 0 Å². The zero-order valence-corrected chi connectivity index (χ0v) is 11.5. The van der Waals surface area contributed by atoms with Crippen LogP contribution in [-0.2, 0) is 11.3 Å². The van der Waals surface area contributed by atoms with Crippen molar-refractivity contribution in [3.8, 4) is 6.07 Å². The van der Waals surface area contributed by atoms with Gasteiger partial charge in [-0.15, -0.1) is 0 Å². The van der Waals surface area contributed by atoms with Crippen LogP contribution in [0.5, 0.6) is 0 Å². The van der Waals surface area contributed by atoms with Crippen LogP contribution in [0.4, 0.5) is 0 Å². The summed E-state index contributed by atoms with van der Waals surface area (Å²) >= 11 is 0. The van der Waals surface area contributed by atoms with E-state index in [-0.39, 0.29) is 5.91 Å². The third kappa shape index (κ3) is 2.60. The van der Waals surface area contributed by atoms with Gasteiger partial charge in [0, 0.05) is 12.2 Å². The maximum atomic E-state index is 12.5. The first kappa shape index (κ1) is 13.5. The summed E-state index contributed by atoms with van der Waals surface area (Å²) in [5.41, 5.74) is 1.06. The largest absolute Gasteiger partial charge is 0.336 e. The highest BCUT2D eigenvalue weighted by molar-refractivity contribution is 5.86. The van der Waals surface area contributed by atoms with Crippen molar-refractivity contribution in [3.05, 3.63) is 29.6 Å². The number of aryl methyl sites for hydroxylation is 1. The number of aromatic nitrogens is 1. The Hall–Kier alpha value is -1.89. The average molecular weight is 257 g/mol. The van der Waals surface area contributed by atoms with Crippen LogP contribution in [-0.4, -0.2) is 22.3 Å². The summed E-state index contributed by atoms with van der Waals surface area (Å²) in [6, 6.07) is 8.01. The third-order valence-electron chi connectivity index (χ3n) is 3.80. The van der Waals surface area contributed by atoms with Gasteiger partial charge in [0.2, 0.25) is 5.91 Å². The second-order valence-electron chi connectivity index (χ2n) is 5.14. The number of nitrogens with zero attached hydrogens (tertiary/aromatic N) is 3. The average Bonchev–Trinajstić information content (AvgIpc) is 2.35. The van der Waals surface area contributed by atoms with Crippen molar-refractivity contribution in [2.24, 2.45) is 5.41 Å². The molecule has 0 spiro atoms. The Morgan fingerprint density at radius 2 is 2.26 bits per heavy atom. The number of nitriles is 1. The second-order valence-corrected chi connectivity index (χ2v) is 5.14. The van der Waals surface area contributed by atoms with E-state index in [4.69, 9.17) is 0 Å². The molecule has 0 aliphatic heterocycles. The molecule has 1 fully saturated rings. The second kappa shape index (κ2) is 5.40. The van der Waals surface area contributed by atoms with Gasteiger partial charge in [0.15, 0.2) is 0 Å². The van der Waals surface area contributed by atoms with Crippen molar-refractivity contribution in [3.63, 3.8) is 0 Å². The van der Waals surface area contributed by atoms with Crippen molar-refractivity contribution >= 4 is 5.91 Å². The van der Waals surface area contributed by atoms with Crippen molar-refractivity contribution in [1.82, 2.24) is 9.88 Å². The monoisotopic (exact) mass is 257 g/mol. The summed E-state index contributed by atoms with van der Waals surface area (Å²) in [5.74, 6) is -0.0351. The van der Waals surface area contributed by atoms with E-state index in [2.05, 4.69) is 11.1 Å². The van der Waals surface area contributed by atoms with Crippen LogP contribution in [0.15, 0.2) is 18.2 Å². The predicted molar refractivity (Wildman–Crippen MR) is 72.0 cm³/mol. The summed E-state index contributed by atoms with van der Waals surface area (Å²) in [5, 5.41) is 9.25. The standard InChI is InChI=1S/C15H19N3O/c1-3-18(10-13-7-4-6-12(2)17-13)14(19)15(11-16)8-5-9-15/h4,6-7H,3,5,8-10H2,1-2H3. The maximum Gasteiger partial charge on any atom is 0.243 e. The van der Waals surface area contributed by atoms with Gasteiger partial charge >= 0.3 is 0 Å². The molecule has 2 rings (SSSR count). The molecule has 19 heavy (non-hydrogen) atoms. The number of hydrogen-bond donors (Lipinski definition) is 0. The number of hydrogen-bond acceptors (Lipinski definition) is 3. The predicted octanol–water partition coefficient (Wildman–Crippen LogP) is 2.43. The first-order chi connectivity index (χ1) is 9.11. The molecule has 1 amide bonds. The molecule has 0 unspecified atom stereocenters. The lowest BCUT2D eigenvalue weighted by molar-refractivity contribution is -0.143. The Morgan fingerprint density at radius 1 is 1.53 bits per heavy atom. The number of rotatable bonds is 4. The Labute approximate surface area is 114 Å². The molecule has 1 aromatic heterocycles. The van der Waals surface area contributed by atoms with Gasteiger partial charge in [0.05, 0.1) is 18.3 Å². The molecule has 1 heterocycles. The minimum atomic E-state index is -0.764. The first-order valence-corrected chi connectivity index (χ1v) is 6.74. The Kier molecular flexibility index (Phi) is 3.84. The molecule has 0 N–H and O–H groups in total. The Balaban J connectivity index is 2.13. The number of amides is 1. The lowest BCUT2D eigenvalue weighted by Gasteiger charge is -2.37. The van der Waals surface area contributed by atoms with Gasteiger partial charge in [0.1, 0.15) is 5.41 Å².